The van der Waals surface area contributed by atoms with Crippen LogP contribution in [0.5, 0.6) is 0 Å². The average Bonchev–Trinajstić information content (AvgIpc) is 3.03. The van der Waals surface area contributed by atoms with Crippen molar-refractivity contribution in [2.75, 3.05) is 6.54 Å². The summed E-state index contributed by atoms with van der Waals surface area (Å²) in [4.78, 5) is 61.8. The molecule has 2 atom stereocenters. The molecule has 0 saturated carbocycles. The van der Waals surface area contributed by atoms with Gasteiger partial charge in [-0.25, -0.2) is 0 Å². The third-order valence-electron chi connectivity index (χ3n) is 5.22. The van der Waals surface area contributed by atoms with Crippen LogP contribution in [0.25, 0.3) is 0 Å². The van der Waals surface area contributed by atoms with Crippen LogP contribution in [-0.2, 0) is 20.8 Å². The third kappa shape index (κ3) is 4.85. The summed E-state index contributed by atoms with van der Waals surface area (Å²) >= 11 is 0. The summed E-state index contributed by atoms with van der Waals surface area (Å²) in [5.41, 5.74) is 1.20. The van der Waals surface area contributed by atoms with Crippen LogP contribution < -0.4 is 5.32 Å². The van der Waals surface area contributed by atoms with Crippen molar-refractivity contribution in [3.8, 4) is 0 Å². The number of rotatable bonds is 10. The molecule has 31 heavy (non-hydrogen) atoms. The smallest absolute Gasteiger partial charge is 0.308 e. The number of hydrogen-bond donors (Lipinski definition) is 2. The number of carboxylic acid groups (broad SMARTS) is 1. The quantitative estimate of drug-likeness (QED) is 0.444. The molecule has 3 rings (SSSR count). The largest absolute Gasteiger partial charge is 0.481 e. The van der Waals surface area contributed by atoms with Gasteiger partial charge in [-0.2, -0.15) is 0 Å². The highest BCUT2D eigenvalue weighted by molar-refractivity contribution is 6.22. The average molecular weight is 422 g/mol. The van der Waals surface area contributed by atoms with Gasteiger partial charge in [0, 0.05) is 19.4 Å². The van der Waals surface area contributed by atoms with E-state index in [1.54, 1.807) is 36.4 Å². The number of nitrogens with zero attached hydrogens (tertiary/aromatic N) is 1. The van der Waals surface area contributed by atoms with Gasteiger partial charge >= 0.3 is 5.97 Å². The fraction of sp³-hybridized carbons (Fsp3) is 0.261. The van der Waals surface area contributed by atoms with E-state index in [1.807, 2.05) is 6.07 Å². The number of aldehydes is 1. The first-order chi connectivity index (χ1) is 14.9. The van der Waals surface area contributed by atoms with Gasteiger partial charge in [0.25, 0.3) is 11.8 Å². The van der Waals surface area contributed by atoms with E-state index in [1.165, 1.54) is 12.1 Å². The molecule has 1 heterocycles. The van der Waals surface area contributed by atoms with Crippen molar-refractivity contribution < 1.29 is 29.1 Å². The number of benzene rings is 2. The summed E-state index contributed by atoms with van der Waals surface area (Å²) < 4.78 is 0. The number of aliphatic carboxylic acids is 1. The zero-order valence-corrected chi connectivity index (χ0v) is 16.7. The van der Waals surface area contributed by atoms with Crippen molar-refractivity contribution in [3.63, 3.8) is 0 Å². The second kappa shape index (κ2) is 9.80. The Kier molecular flexibility index (Phi) is 6.92. The molecule has 3 amide bonds. The minimum Gasteiger partial charge on any atom is -0.481 e. The molecule has 1 aliphatic heterocycles. The monoisotopic (exact) mass is 422 g/mol. The van der Waals surface area contributed by atoms with Crippen LogP contribution in [-0.4, -0.2) is 52.6 Å². The number of fused-ring (bicyclic) bond motifs is 1. The summed E-state index contributed by atoms with van der Waals surface area (Å²) in [6.07, 6.45) is 0.840. The highest BCUT2D eigenvalue weighted by Crippen LogP contribution is 2.26. The summed E-state index contributed by atoms with van der Waals surface area (Å²) in [7, 11) is 0. The van der Waals surface area contributed by atoms with Gasteiger partial charge in [-0.05, 0) is 24.1 Å². The van der Waals surface area contributed by atoms with Crippen molar-refractivity contribution in [2.45, 2.75) is 25.3 Å². The summed E-state index contributed by atoms with van der Waals surface area (Å²) in [5.74, 6) is -3.84. The van der Waals surface area contributed by atoms with E-state index in [4.69, 9.17) is 0 Å². The molecule has 0 fully saturated rings. The lowest BCUT2D eigenvalue weighted by Crippen LogP contribution is -2.51. The van der Waals surface area contributed by atoms with Crippen LogP contribution in [0.3, 0.4) is 0 Å². The van der Waals surface area contributed by atoms with E-state index in [9.17, 15) is 29.1 Å². The van der Waals surface area contributed by atoms with Gasteiger partial charge in [-0.1, -0.05) is 42.5 Å². The van der Waals surface area contributed by atoms with E-state index in [-0.39, 0.29) is 36.9 Å². The predicted octanol–water partition coefficient (Wildman–Crippen LogP) is 1.69. The minimum absolute atomic E-state index is 0.0543. The Hall–Kier alpha value is -3.81. The zero-order valence-electron chi connectivity index (χ0n) is 16.7. The molecule has 2 aromatic rings. The lowest BCUT2D eigenvalue weighted by atomic mass is 10.0. The van der Waals surface area contributed by atoms with E-state index in [0.29, 0.717) is 6.29 Å². The second-order valence-corrected chi connectivity index (χ2v) is 7.26. The van der Waals surface area contributed by atoms with E-state index < -0.39 is 35.7 Å². The Morgan fingerprint density at radius 2 is 1.55 bits per heavy atom. The first kappa shape index (κ1) is 21.9. The fourth-order valence-corrected chi connectivity index (χ4v) is 3.55. The molecule has 1 unspecified atom stereocenters. The Balaban J connectivity index is 1.84. The Bertz CT molecular complexity index is 969. The summed E-state index contributed by atoms with van der Waals surface area (Å²) in [6.45, 7) is -0.212. The van der Waals surface area contributed by atoms with Gasteiger partial charge in [0.1, 0.15) is 12.3 Å². The molecule has 0 saturated heterocycles. The molecule has 8 nitrogen and oxygen atoms in total. The number of nitrogens with one attached hydrogen (secondary N) is 1. The van der Waals surface area contributed by atoms with Crippen molar-refractivity contribution >= 4 is 30.0 Å². The van der Waals surface area contributed by atoms with Gasteiger partial charge in [0.05, 0.1) is 17.0 Å². The van der Waals surface area contributed by atoms with Gasteiger partial charge in [0.2, 0.25) is 5.91 Å². The number of amides is 3. The molecule has 0 spiro atoms. The van der Waals surface area contributed by atoms with Gasteiger partial charge < -0.3 is 15.2 Å². The molecule has 2 N–H and O–H groups in total. The van der Waals surface area contributed by atoms with Crippen LogP contribution in [0.2, 0.25) is 0 Å². The van der Waals surface area contributed by atoms with E-state index in [2.05, 4.69) is 5.32 Å². The standard InChI is InChI=1S/C23H22N2O6/c26-12-6-9-16(23(30)31)14-24-20(27)19(13-15-7-2-1-3-8-15)25-21(28)17-10-4-5-11-18(17)22(25)29/h1-5,7-8,10-12,16,19H,6,9,13-14H2,(H,24,27)(H,30,31)/t16-,19?/m0/s1. The van der Waals surface area contributed by atoms with Crippen LogP contribution >= 0.6 is 0 Å². The highest BCUT2D eigenvalue weighted by atomic mass is 16.4. The first-order valence-electron chi connectivity index (χ1n) is 9.89. The van der Waals surface area contributed by atoms with Gasteiger partial charge in [-0.3, -0.25) is 24.1 Å². The van der Waals surface area contributed by atoms with E-state index in [0.717, 1.165) is 10.5 Å². The zero-order chi connectivity index (χ0) is 22.4. The molecule has 0 radical (unpaired) electrons. The van der Waals surface area contributed by atoms with E-state index >= 15 is 0 Å². The number of carboxylic acids is 1. The van der Waals surface area contributed by atoms with Gasteiger partial charge in [0.15, 0.2) is 0 Å². The molecule has 1 aliphatic rings. The normalized spacial score (nSPS) is 14.6. The van der Waals surface area contributed by atoms with Crippen LogP contribution in [0.4, 0.5) is 0 Å². The molecule has 160 valence electrons. The first-order valence-corrected chi connectivity index (χ1v) is 9.89. The fourth-order valence-electron chi connectivity index (χ4n) is 3.55. The van der Waals surface area contributed by atoms with Crippen molar-refractivity contribution in [1.29, 1.82) is 0 Å². The van der Waals surface area contributed by atoms with Gasteiger partial charge in [-0.15, -0.1) is 0 Å². The summed E-state index contributed by atoms with van der Waals surface area (Å²) in [5, 5.41) is 11.9. The minimum atomic E-state index is -1.14. The maximum Gasteiger partial charge on any atom is 0.308 e. The molecule has 8 heteroatoms. The number of imide groups is 1. The van der Waals surface area contributed by atoms with Crippen molar-refractivity contribution in [2.24, 2.45) is 5.92 Å². The maximum absolute atomic E-state index is 13.1. The SMILES string of the molecule is O=CCC[C@@H](CNC(=O)C(Cc1ccccc1)N1C(=O)c2ccccc2C1=O)C(=O)O. The molecular formula is C23H22N2O6. The van der Waals surface area contributed by atoms with Crippen LogP contribution in [0.1, 0.15) is 39.1 Å². The number of carbonyl (C=O) groups is 5. The Morgan fingerprint density at radius 3 is 2.10 bits per heavy atom. The lowest BCUT2D eigenvalue weighted by Gasteiger charge is -2.26. The summed E-state index contributed by atoms with van der Waals surface area (Å²) in [6, 6.07) is 14.2. The van der Waals surface area contributed by atoms with Crippen molar-refractivity contribution in [3.05, 3.63) is 71.3 Å². The Labute approximate surface area is 178 Å². The molecule has 0 aromatic heterocycles. The Morgan fingerprint density at radius 1 is 0.968 bits per heavy atom. The number of carbonyl (C=O) groups excluding carboxylic acids is 4. The van der Waals surface area contributed by atoms with Crippen molar-refractivity contribution in [1.82, 2.24) is 10.2 Å². The highest BCUT2D eigenvalue weighted by Gasteiger charge is 2.42. The second-order valence-electron chi connectivity index (χ2n) is 7.26. The van der Waals surface area contributed by atoms with Crippen LogP contribution in [0.15, 0.2) is 54.6 Å². The molecule has 0 bridgehead atoms. The third-order valence-corrected chi connectivity index (χ3v) is 5.22. The topological polar surface area (TPSA) is 121 Å². The molecule has 2 aromatic carbocycles. The maximum atomic E-state index is 13.1. The predicted molar refractivity (Wildman–Crippen MR) is 110 cm³/mol. The number of hydrogen-bond acceptors (Lipinski definition) is 5. The molecular weight excluding hydrogens is 400 g/mol. The van der Waals surface area contributed by atoms with Crippen LogP contribution in [0, 0.1) is 5.92 Å². The molecule has 0 aliphatic carbocycles. The lowest BCUT2D eigenvalue weighted by molar-refractivity contribution is -0.142.